The van der Waals surface area contributed by atoms with Crippen LogP contribution in [0.4, 0.5) is 0 Å². The number of carbonyl (C=O) groups excluding carboxylic acids is 4. The van der Waals surface area contributed by atoms with E-state index in [0.717, 1.165) is 32.1 Å². The Labute approximate surface area is 251 Å². The van der Waals surface area contributed by atoms with E-state index in [2.05, 4.69) is 4.74 Å². The summed E-state index contributed by atoms with van der Waals surface area (Å²) in [5.41, 5.74) is -2.49. The van der Waals surface area contributed by atoms with Crippen LogP contribution < -0.4 is 0 Å². The van der Waals surface area contributed by atoms with Gasteiger partial charge >= 0.3 is 23.9 Å². The molecule has 0 aromatic heterocycles. The lowest BCUT2D eigenvalue weighted by Crippen LogP contribution is -2.69. The van der Waals surface area contributed by atoms with Crippen molar-refractivity contribution in [2.75, 3.05) is 27.9 Å². The van der Waals surface area contributed by atoms with Gasteiger partial charge in [0.15, 0.2) is 0 Å². The lowest BCUT2D eigenvalue weighted by molar-refractivity contribution is -0.326. The van der Waals surface area contributed by atoms with Crippen molar-refractivity contribution in [3.8, 4) is 0 Å². The predicted octanol–water partition coefficient (Wildman–Crippen LogP) is 4.52. The van der Waals surface area contributed by atoms with Crippen molar-refractivity contribution in [1.29, 1.82) is 0 Å². The third-order valence-corrected chi connectivity index (χ3v) is 7.87. The molecule has 244 valence electrons. The van der Waals surface area contributed by atoms with Crippen LogP contribution in [0.3, 0.4) is 0 Å². The molecule has 0 saturated carbocycles. The van der Waals surface area contributed by atoms with Crippen LogP contribution in [0, 0.1) is 11.8 Å². The molecule has 1 N–H and O–H groups in total. The maximum absolute atomic E-state index is 13.3. The molecule has 0 bridgehead atoms. The van der Waals surface area contributed by atoms with Gasteiger partial charge in [0.25, 0.3) is 0 Å². The molecule has 0 aliphatic carbocycles. The lowest BCUT2D eigenvalue weighted by atomic mass is 9.65. The molecule has 1 fully saturated rings. The molecule has 11 heteroatoms. The van der Waals surface area contributed by atoms with Crippen LogP contribution in [0.5, 0.6) is 0 Å². The number of unbranched alkanes of at least 4 members (excludes halogenated alkanes) is 4. The van der Waals surface area contributed by atoms with E-state index < -0.39 is 46.6 Å². The van der Waals surface area contributed by atoms with Gasteiger partial charge in [-0.05, 0) is 60.8 Å². The average Bonchev–Trinajstić information content (AvgIpc) is 2.88. The molecule has 1 aliphatic rings. The summed E-state index contributed by atoms with van der Waals surface area (Å²) in [7, 11) is 4.05. The van der Waals surface area contributed by atoms with Crippen molar-refractivity contribution in [3.05, 3.63) is 0 Å². The van der Waals surface area contributed by atoms with E-state index in [1.807, 2.05) is 32.8 Å². The third-order valence-electron chi connectivity index (χ3n) is 7.87. The standard InChI is InChI=1S/C31H55NO10/c1-29(2)20-23(42-26(35)19-15-18-25(34)39-8)27(31(5,6)32(29)41-21-30(3,4)37)22(28(36)40-9)16-13-11-10-12-14-17-24(33)38-7/h22-23,27,37H,10-21H2,1-9H3. The summed E-state index contributed by atoms with van der Waals surface area (Å²) in [5, 5.41) is 12.2. The zero-order valence-electron chi connectivity index (χ0n) is 27.3. The van der Waals surface area contributed by atoms with E-state index >= 15 is 0 Å². The zero-order chi connectivity index (χ0) is 32.1. The highest BCUT2D eigenvalue weighted by Gasteiger charge is 2.58. The van der Waals surface area contributed by atoms with Crippen LogP contribution >= 0.6 is 0 Å². The van der Waals surface area contributed by atoms with E-state index in [-0.39, 0.29) is 31.4 Å². The van der Waals surface area contributed by atoms with E-state index in [9.17, 15) is 24.3 Å². The normalized spacial score (nSPS) is 20.8. The van der Waals surface area contributed by atoms with E-state index in [0.29, 0.717) is 25.7 Å². The molecule has 3 atom stereocenters. The van der Waals surface area contributed by atoms with Crippen molar-refractivity contribution >= 4 is 23.9 Å². The molecule has 0 amide bonds. The Morgan fingerprint density at radius 1 is 0.810 bits per heavy atom. The smallest absolute Gasteiger partial charge is 0.309 e. The Bertz CT molecular complexity index is 879. The molecule has 1 saturated heterocycles. The number of nitrogens with zero attached hydrogens (tertiary/aromatic N) is 1. The Hall–Kier alpha value is -2.24. The molecule has 1 aliphatic heterocycles. The fraction of sp³-hybridized carbons (Fsp3) is 0.871. The number of methoxy groups -OCH3 is 3. The van der Waals surface area contributed by atoms with Gasteiger partial charge in [0, 0.05) is 42.7 Å². The Balaban J connectivity index is 3.21. The van der Waals surface area contributed by atoms with Gasteiger partial charge in [-0.1, -0.05) is 25.7 Å². The summed E-state index contributed by atoms with van der Waals surface area (Å²) in [5.74, 6) is -2.50. The van der Waals surface area contributed by atoms with Crippen molar-refractivity contribution < 1.29 is 48.1 Å². The minimum atomic E-state index is -1.08. The first kappa shape index (κ1) is 37.8. The van der Waals surface area contributed by atoms with Crippen molar-refractivity contribution in [1.82, 2.24) is 5.06 Å². The molecule has 3 unspecified atom stereocenters. The number of carbonyl (C=O) groups is 4. The summed E-state index contributed by atoms with van der Waals surface area (Å²) in [6.07, 6.45) is 5.29. The SMILES string of the molecule is COC(=O)CCCCCCCC(C(=O)OC)C1C(OC(=O)CCCC(=O)OC)CC(C)(C)N(OCC(C)(C)O)C1(C)C. The van der Waals surface area contributed by atoms with Gasteiger partial charge in [0.05, 0.1) is 39.5 Å². The Kier molecular flexibility index (Phi) is 15.4. The first-order valence-electron chi connectivity index (χ1n) is 15.1. The summed E-state index contributed by atoms with van der Waals surface area (Å²) >= 11 is 0. The molecule has 0 aromatic rings. The van der Waals surface area contributed by atoms with Crippen LogP contribution in [-0.4, -0.2) is 84.8 Å². The maximum atomic E-state index is 13.3. The van der Waals surface area contributed by atoms with Crippen LogP contribution in [0.2, 0.25) is 0 Å². The predicted molar refractivity (Wildman–Crippen MR) is 156 cm³/mol. The first-order valence-corrected chi connectivity index (χ1v) is 15.1. The van der Waals surface area contributed by atoms with E-state index in [1.165, 1.54) is 21.3 Å². The zero-order valence-corrected chi connectivity index (χ0v) is 27.3. The average molecular weight is 602 g/mol. The van der Waals surface area contributed by atoms with Gasteiger partial charge in [0.1, 0.15) is 6.10 Å². The number of aliphatic hydroxyl groups is 1. The maximum Gasteiger partial charge on any atom is 0.309 e. The number of hydroxylamine groups is 2. The van der Waals surface area contributed by atoms with Crippen LogP contribution in [0.25, 0.3) is 0 Å². The van der Waals surface area contributed by atoms with Gasteiger partial charge in [-0.2, -0.15) is 5.06 Å². The topological polar surface area (TPSA) is 138 Å². The van der Waals surface area contributed by atoms with Gasteiger partial charge in [0.2, 0.25) is 0 Å². The quantitative estimate of drug-likeness (QED) is 0.135. The minimum absolute atomic E-state index is 0.0407. The van der Waals surface area contributed by atoms with Crippen molar-refractivity contribution in [2.24, 2.45) is 11.8 Å². The van der Waals surface area contributed by atoms with Gasteiger partial charge in [-0.15, -0.1) is 0 Å². The minimum Gasteiger partial charge on any atom is -0.469 e. The fourth-order valence-corrected chi connectivity index (χ4v) is 6.07. The first-order chi connectivity index (χ1) is 19.5. The van der Waals surface area contributed by atoms with Crippen LogP contribution in [-0.2, 0) is 43.0 Å². The highest BCUT2D eigenvalue weighted by molar-refractivity contribution is 5.74. The number of rotatable bonds is 18. The van der Waals surface area contributed by atoms with E-state index in [4.69, 9.17) is 19.0 Å². The third kappa shape index (κ3) is 12.2. The number of piperidine rings is 1. The summed E-state index contributed by atoms with van der Waals surface area (Å²) in [6, 6.07) is 0. The molecule has 0 aromatic carbocycles. The molecule has 42 heavy (non-hydrogen) atoms. The largest absolute Gasteiger partial charge is 0.469 e. The van der Waals surface area contributed by atoms with Gasteiger partial charge in [-0.25, -0.2) is 0 Å². The van der Waals surface area contributed by atoms with E-state index in [1.54, 1.807) is 13.8 Å². The highest BCUT2D eigenvalue weighted by Crippen LogP contribution is 2.48. The number of esters is 4. The Morgan fingerprint density at radius 2 is 1.33 bits per heavy atom. The highest BCUT2D eigenvalue weighted by atomic mass is 16.7. The number of hydrogen-bond donors (Lipinski definition) is 1. The second-order valence-corrected chi connectivity index (χ2v) is 13.0. The molecule has 1 heterocycles. The molecule has 1 rings (SSSR count). The van der Waals surface area contributed by atoms with Gasteiger partial charge < -0.3 is 24.1 Å². The van der Waals surface area contributed by atoms with Crippen LogP contribution in [0.15, 0.2) is 0 Å². The molecular weight excluding hydrogens is 546 g/mol. The molecular formula is C31H55NO10. The number of hydrogen-bond acceptors (Lipinski definition) is 11. The summed E-state index contributed by atoms with van der Waals surface area (Å²) in [4.78, 5) is 55.4. The van der Waals surface area contributed by atoms with Gasteiger partial charge in [-0.3, -0.25) is 24.0 Å². The molecule has 11 nitrogen and oxygen atoms in total. The molecule has 0 radical (unpaired) electrons. The van der Waals surface area contributed by atoms with Crippen molar-refractivity contribution in [3.63, 3.8) is 0 Å². The lowest BCUT2D eigenvalue weighted by Gasteiger charge is -2.58. The fourth-order valence-electron chi connectivity index (χ4n) is 6.07. The second-order valence-electron chi connectivity index (χ2n) is 13.0. The van der Waals surface area contributed by atoms with Crippen LogP contribution in [0.1, 0.15) is 112 Å². The summed E-state index contributed by atoms with van der Waals surface area (Å²) < 4.78 is 20.7. The monoisotopic (exact) mass is 601 g/mol. The molecule has 0 spiro atoms. The second kappa shape index (κ2) is 17.2. The Morgan fingerprint density at radius 3 is 1.88 bits per heavy atom. The number of ether oxygens (including phenoxy) is 4. The summed E-state index contributed by atoms with van der Waals surface area (Å²) in [6.45, 7) is 11.3. The van der Waals surface area contributed by atoms with Crippen molar-refractivity contribution in [2.45, 2.75) is 135 Å².